The Balaban J connectivity index is 1.99. The number of carbonyl (C=O) groups is 1. The molecule has 7 nitrogen and oxygen atoms in total. The number of carboxylic acids is 1. The Kier molecular flexibility index (Phi) is 3.98. The van der Waals surface area contributed by atoms with Crippen LogP contribution in [0.2, 0.25) is 0 Å². The van der Waals surface area contributed by atoms with Crippen LogP contribution >= 0.6 is 0 Å². The fourth-order valence-corrected chi connectivity index (χ4v) is 2.93. The SMILES string of the molecule is Cc1nc2cc(C3CCOCC3)[nH]n2c(=O)c1CCC(=O)O. The summed E-state index contributed by atoms with van der Waals surface area (Å²) >= 11 is 0. The van der Waals surface area contributed by atoms with Gasteiger partial charge in [-0.15, -0.1) is 0 Å². The number of aliphatic carboxylic acids is 1. The van der Waals surface area contributed by atoms with Gasteiger partial charge in [0.1, 0.15) is 0 Å². The van der Waals surface area contributed by atoms with Crippen molar-refractivity contribution in [3.05, 3.63) is 33.4 Å². The van der Waals surface area contributed by atoms with Crippen molar-refractivity contribution in [2.45, 2.75) is 38.5 Å². The molecule has 3 rings (SSSR count). The van der Waals surface area contributed by atoms with Crippen LogP contribution in [0, 0.1) is 6.92 Å². The van der Waals surface area contributed by atoms with Gasteiger partial charge in [-0.3, -0.25) is 14.7 Å². The maximum atomic E-state index is 12.5. The number of aryl methyl sites for hydroxylation is 1. The van der Waals surface area contributed by atoms with Crippen LogP contribution in [0.4, 0.5) is 0 Å². The van der Waals surface area contributed by atoms with Crippen molar-refractivity contribution in [2.75, 3.05) is 13.2 Å². The molecule has 0 radical (unpaired) electrons. The molecular formula is C15H19N3O4. The van der Waals surface area contributed by atoms with Gasteiger partial charge in [0.05, 0.1) is 0 Å². The third-order valence-corrected chi connectivity index (χ3v) is 4.18. The number of H-pyrrole nitrogens is 1. The van der Waals surface area contributed by atoms with E-state index in [1.54, 1.807) is 6.92 Å². The standard InChI is InChI=1S/C15H19N3O4/c1-9-11(2-3-14(19)20)15(21)18-13(16-9)8-12(17-18)10-4-6-22-7-5-10/h8,10,17H,2-7H2,1H3,(H,19,20). The molecule has 2 aromatic rings. The highest BCUT2D eigenvalue weighted by Crippen LogP contribution is 2.26. The van der Waals surface area contributed by atoms with Crippen LogP contribution in [0.25, 0.3) is 5.65 Å². The summed E-state index contributed by atoms with van der Waals surface area (Å²) in [5, 5.41) is 11.9. The zero-order chi connectivity index (χ0) is 15.7. The van der Waals surface area contributed by atoms with Crippen molar-refractivity contribution in [2.24, 2.45) is 0 Å². The minimum absolute atomic E-state index is 0.0721. The van der Waals surface area contributed by atoms with E-state index in [1.165, 1.54) is 4.52 Å². The molecule has 3 heterocycles. The zero-order valence-electron chi connectivity index (χ0n) is 12.5. The maximum Gasteiger partial charge on any atom is 0.303 e. The molecule has 7 heteroatoms. The number of nitrogens with one attached hydrogen (secondary N) is 1. The lowest BCUT2D eigenvalue weighted by Gasteiger charge is -2.20. The molecule has 22 heavy (non-hydrogen) atoms. The summed E-state index contributed by atoms with van der Waals surface area (Å²) in [6.45, 7) is 3.20. The van der Waals surface area contributed by atoms with Gasteiger partial charge >= 0.3 is 5.97 Å². The highest BCUT2D eigenvalue weighted by Gasteiger charge is 2.20. The van der Waals surface area contributed by atoms with Gasteiger partial charge < -0.3 is 9.84 Å². The largest absolute Gasteiger partial charge is 0.481 e. The lowest BCUT2D eigenvalue weighted by Crippen LogP contribution is -2.23. The summed E-state index contributed by atoms with van der Waals surface area (Å²) in [5.41, 5.74) is 2.43. The van der Waals surface area contributed by atoms with Gasteiger partial charge in [0.2, 0.25) is 0 Å². The first kappa shape index (κ1) is 14.8. The van der Waals surface area contributed by atoms with E-state index in [-0.39, 0.29) is 18.4 Å². The van der Waals surface area contributed by atoms with E-state index >= 15 is 0 Å². The number of aromatic nitrogens is 3. The molecule has 0 aliphatic carbocycles. The Morgan fingerprint density at radius 2 is 2.23 bits per heavy atom. The van der Waals surface area contributed by atoms with E-state index in [0.29, 0.717) is 22.8 Å². The molecule has 1 aliphatic rings. The number of fused-ring (bicyclic) bond motifs is 1. The van der Waals surface area contributed by atoms with E-state index in [4.69, 9.17) is 9.84 Å². The molecule has 0 atom stereocenters. The van der Waals surface area contributed by atoms with Crippen molar-refractivity contribution in [1.82, 2.24) is 14.6 Å². The summed E-state index contributed by atoms with van der Waals surface area (Å²) in [4.78, 5) is 27.7. The van der Waals surface area contributed by atoms with Gasteiger partial charge in [0.25, 0.3) is 5.56 Å². The average Bonchev–Trinajstić information content (AvgIpc) is 2.92. The Hall–Kier alpha value is -2.15. The molecule has 0 unspecified atom stereocenters. The van der Waals surface area contributed by atoms with Crippen molar-refractivity contribution in [1.29, 1.82) is 0 Å². The van der Waals surface area contributed by atoms with E-state index < -0.39 is 5.97 Å². The molecule has 118 valence electrons. The van der Waals surface area contributed by atoms with Crippen LogP contribution in [-0.2, 0) is 16.0 Å². The maximum absolute atomic E-state index is 12.5. The van der Waals surface area contributed by atoms with Crippen molar-refractivity contribution >= 4 is 11.6 Å². The van der Waals surface area contributed by atoms with Crippen LogP contribution in [-0.4, -0.2) is 38.9 Å². The van der Waals surface area contributed by atoms with Crippen LogP contribution in [0.1, 0.15) is 42.1 Å². The van der Waals surface area contributed by atoms with E-state index in [9.17, 15) is 9.59 Å². The summed E-state index contributed by atoms with van der Waals surface area (Å²) in [6.07, 6.45) is 1.97. The van der Waals surface area contributed by atoms with Gasteiger partial charge in [-0.1, -0.05) is 0 Å². The first-order chi connectivity index (χ1) is 10.6. The fraction of sp³-hybridized carbons (Fsp3) is 0.533. The lowest BCUT2D eigenvalue weighted by molar-refractivity contribution is -0.136. The van der Waals surface area contributed by atoms with Crippen LogP contribution in [0.3, 0.4) is 0 Å². The van der Waals surface area contributed by atoms with Gasteiger partial charge in [-0.2, -0.15) is 0 Å². The van der Waals surface area contributed by atoms with Gasteiger partial charge in [-0.05, 0) is 26.2 Å². The van der Waals surface area contributed by atoms with Crippen LogP contribution < -0.4 is 5.56 Å². The molecule has 0 bridgehead atoms. The number of rotatable bonds is 4. The second-order valence-electron chi connectivity index (χ2n) is 5.67. The molecule has 0 amide bonds. The number of ether oxygens (including phenoxy) is 1. The normalized spacial score (nSPS) is 16.2. The quantitative estimate of drug-likeness (QED) is 0.886. The molecular weight excluding hydrogens is 286 g/mol. The Morgan fingerprint density at radius 1 is 1.50 bits per heavy atom. The Morgan fingerprint density at radius 3 is 2.91 bits per heavy atom. The van der Waals surface area contributed by atoms with Crippen LogP contribution in [0.15, 0.2) is 10.9 Å². The van der Waals surface area contributed by atoms with E-state index in [2.05, 4.69) is 10.1 Å². The molecule has 1 aliphatic heterocycles. The lowest BCUT2D eigenvalue weighted by atomic mass is 9.97. The number of carboxylic acid groups (broad SMARTS) is 1. The highest BCUT2D eigenvalue weighted by atomic mass is 16.5. The van der Waals surface area contributed by atoms with E-state index in [0.717, 1.165) is 31.7 Å². The molecule has 2 N–H and O–H groups in total. The third kappa shape index (κ3) is 2.76. The predicted molar refractivity (Wildman–Crippen MR) is 79.3 cm³/mol. The average molecular weight is 305 g/mol. The number of hydrogen-bond donors (Lipinski definition) is 2. The molecule has 1 saturated heterocycles. The third-order valence-electron chi connectivity index (χ3n) is 4.18. The topological polar surface area (TPSA) is 96.7 Å². The second-order valence-corrected chi connectivity index (χ2v) is 5.67. The van der Waals surface area contributed by atoms with Gasteiger partial charge in [0, 0.05) is 48.6 Å². The summed E-state index contributed by atoms with van der Waals surface area (Å²) in [5.74, 6) is -0.573. The minimum Gasteiger partial charge on any atom is -0.481 e. The number of aromatic amines is 1. The monoisotopic (exact) mass is 305 g/mol. The molecule has 1 fully saturated rings. The predicted octanol–water partition coefficient (Wildman–Crippen LogP) is 1.24. The summed E-state index contributed by atoms with van der Waals surface area (Å²) in [6, 6.07) is 1.91. The van der Waals surface area contributed by atoms with E-state index in [1.807, 2.05) is 6.07 Å². The molecule has 0 spiro atoms. The van der Waals surface area contributed by atoms with Gasteiger partial charge in [-0.25, -0.2) is 9.50 Å². The first-order valence-electron chi connectivity index (χ1n) is 7.47. The molecule has 0 saturated carbocycles. The van der Waals surface area contributed by atoms with Crippen molar-refractivity contribution in [3.8, 4) is 0 Å². The molecule has 0 aromatic carbocycles. The van der Waals surface area contributed by atoms with Gasteiger partial charge in [0.15, 0.2) is 5.65 Å². The second kappa shape index (κ2) is 5.92. The summed E-state index contributed by atoms with van der Waals surface area (Å²) < 4.78 is 6.78. The molecule has 2 aromatic heterocycles. The number of nitrogens with zero attached hydrogens (tertiary/aromatic N) is 2. The minimum atomic E-state index is -0.918. The zero-order valence-corrected chi connectivity index (χ0v) is 12.5. The summed E-state index contributed by atoms with van der Waals surface area (Å²) in [7, 11) is 0. The fourth-order valence-electron chi connectivity index (χ4n) is 2.93. The Bertz CT molecular complexity index is 756. The Labute approximate surface area is 126 Å². The van der Waals surface area contributed by atoms with Crippen molar-refractivity contribution < 1.29 is 14.6 Å². The smallest absolute Gasteiger partial charge is 0.303 e. The first-order valence-corrected chi connectivity index (χ1v) is 7.47. The highest BCUT2D eigenvalue weighted by molar-refractivity contribution is 5.67. The van der Waals surface area contributed by atoms with Crippen molar-refractivity contribution in [3.63, 3.8) is 0 Å². The van der Waals surface area contributed by atoms with Crippen LogP contribution in [0.5, 0.6) is 0 Å². The number of hydrogen-bond acceptors (Lipinski definition) is 4.